The van der Waals surface area contributed by atoms with Gasteiger partial charge in [0.15, 0.2) is 0 Å². The van der Waals surface area contributed by atoms with E-state index in [0.29, 0.717) is 0 Å². The standard InChI is InChI=1S/C12H18N2O.ClH/c1-8-5-6-11(7-9(8)2)14(4)12(15)10(3)13;/h5-7,10H,13H2,1-4H3;1H. The van der Waals surface area contributed by atoms with Crippen LogP contribution in [0.2, 0.25) is 0 Å². The molecule has 1 aromatic rings. The molecule has 0 fully saturated rings. The third-order valence-electron chi connectivity index (χ3n) is 2.60. The first kappa shape index (κ1) is 14.9. The van der Waals surface area contributed by atoms with Crippen LogP contribution in [0.5, 0.6) is 0 Å². The van der Waals surface area contributed by atoms with E-state index in [2.05, 4.69) is 0 Å². The fourth-order valence-electron chi connectivity index (χ4n) is 1.37. The topological polar surface area (TPSA) is 46.3 Å². The molecule has 0 aromatic heterocycles. The molecule has 0 aliphatic heterocycles. The Balaban J connectivity index is 0.00000225. The van der Waals surface area contributed by atoms with Crippen molar-refractivity contribution in [3.63, 3.8) is 0 Å². The number of aryl methyl sites for hydroxylation is 2. The number of hydrogen-bond acceptors (Lipinski definition) is 2. The predicted octanol–water partition coefficient (Wildman–Crippen LogP) is 2.04. The third-order valence-corrected chi connectivity index (χ3v) is 2.60. The molecule has 0 heterocycles. The second kappa shape index (κ2) is 5.87. The maximum Gasteiger partial charge on any atom is 0.243 e. The fourth-order valence-corrected chi connectivity index (χ4v) is 1.37. The molecule has 0 radical (unpaired) electrons. The minimum Gasteiger partial charge on any atom is -0.320 e. The summed E-state index contributed by atoms with van der Waals surface area (Å²) in [6, 6.07) is 5.48. The van der Waals surface area contributed by atoms with Crippen LogP contribution in [0.15, 0.2) is 18.2 Å². The lowest BCUT2D eigenvalue weighted by Gasteiger charge is -2.20. The van der Waals surface area contributed by atoms with Gasteiger partial charge in [0, 0.05) is 12.7 Å². The lowest BCUT2D eigenvalue weighted by molar-refractivity contribution is -0.119. The number of hydrogen-bond donors (Lipinski definition) is 1. The van der Waals surface area contributed by atoms with E-state index in [9.17, 15) is 4.79 Å². The summed E-state index contributed by atoms with van der Waals surface area (Å²) in [7, 11) is 1.75. The van der Waals surface area contributed by atoms with Gasteiger partial charge in [-0.25, -0.2) is 0 Å². The minimum absolute atomic E-state index is 0. The lowest BCUT2D eigenvalue weighted by atomic mass is 10.1. The number of nitrogens with two attached hydrogens (primary N) is 1. The van der Waals surface area contributed by atoms with Crippen LogP contribution >= 0.6 is 12.4 Å². The Labute approximate surface area is 103 Å². The zero-order valence-corrected chi connectivity index (χ0v) is 11.0. The molecular weight excluding hydrogens is 224 g/mol. The van der Waals surface area contributed by atoms with Gasteiger partial charge in [-0.2, -0.15) is 0 Å². The molecule has 16 heavy (non-hydrogen) atoms. The second-order valence-electron chi connectivity index (χ2n) is 3.95. The molecule has 4 heteroatoms. The molecule has 1 unspecified atom stereocenters. The van der Waals surface area contributed by atoms with E-state index in [4.69, 9.17) is 5.73 Å². The molecule has 1 rings (SSSR count). The van der Waals surface area contributed by atoms with Crippen molar-refractivity contribution in [2.45, 2.75) is 26.8 Å². The molecule has 0 aliphatic carbocycles. The highest BCUT2D eigenvalue weighted by Crippen LogP contribution is 2.17. The van der Waals surface area contributed by atoms with Crippen LogP contribution < -0.4 is 10.6 Å². The Kier molecular flexibility index (Phi) is 5.48. The van der Waals surface area contributed by atoms with Gasteiger partial charge in [0.25, 0.3) is 0 Å². The van der Waals surface area contributed by atoms with Gasteiger partial charge in [0.1, 0.15) is 0 Å². The van der Waals surface area contributed by atoms with Crippen LogP contribution in [0.1, 0.15) is 18.1 Å². The summed E-state index contributed by atoms with van der Waals surface area (Å²) in [6.45, 7) is 5.77. The van der Waals surface area contributed by atoms with E-state index in [1.54, 1.807) is 18.9 Å². The van der Waals surface area contributed by atoms with Crippen molar-refractivity contribution in [2.24, 2.45) is 5.73 Å². The summed E-state index contributed by atoms with van der Waals surface area (Å²) < 4.78 is 0. The highest BCUT2D eigenvalue weighted by atomic mass is 35.5. The molecule has 0 saturated heterocycles. The average molecular weight is 243 g/mol. The Morgan fingerprint density at radius 3 is 2.31 bits per heavy atom. The summed E-state index contributed by atoms with van der Waals surface area (Å²) in [6.07, 6.45) is 0. The molecule has 1 aromatic carbocycles. The number of rotatable bonds is 2. The van der Waals surface area contributed by atoms with E-state index < -0.39 is 6.04 Å². The summed E-state index contributed by atoms with van der Waals surface area (Å²) in [5, 5.41) is 0. The largest absolute Gasteiger partial charge is 0.320 e. The van der Waals surface area contributed by atoms with E-state index >= 15 is 0 Å². The van der Waals surface area contributed by atoms with Crippen molar-refractivity contribution < 1.29 is 4.79 Å². The molecule has 0 bridgehead atoms. The van der Waals surface area contributed by atoms with Crippen LogP contribution in [0, 0.1) is 13.8 Å². The van der Waals surface area contributed by atoms with Gasteiger partial charge >= 0.3 is 0 Å². The van der Waals surface area contributed by atoms with E-state index in [0.717, 1.165) is 5.69 Å². The number of likely N-dealkylation sites (N-methyl/N-ethyl adjacent to an activating group) is 1. The Morgan fingerprint density at radius 1 is 1.31 bits per heavy atom. The first-order chi connectivity index (χ1) is 6.93. The van der Waals surface area contributed by atoms with Crippen molar-refractivity contribution in [1.82, 2.24) is 0 Å². The van der Waals surface area contributed by atoms with Crippen molar-refractivity contribution >= 4 is 24.0 Å². The number of amides is 1. The summed E-state index contributed by atoms with van der Waals surface area (Å²) in [5.41, 5.74) is 8.84. The predicted molar refractivity (Wildman–Crippen MR) is 70.2 cm³/mol. The van der Waals surface area contributed by atoms with Crippen LogP contribution in [0.3, 0.4) is 0 Å². The number of halogens is 1. The number of carbonyl (C=O) groups excluding carboxylic acids is 1. The van der Waals surface area contributed by atoms with Gasteiger partial charge in [0.05, 0.1) is 6.04 Å². The van der Waals surface area contributed by atoms with Gasteiger partial charge in [-0.05, 0) is 44.0 Å². The number of anilines is 1. The lowest BCUT2D eigenvalue weighted by Crippen LogP contribution is -2.39. The maximum absolute atomic E-state index is 11.6. The summed E-state index contributed by atoms with van der Waals surface area (Å²) in [5.74, 6) is -0.0711. The molecule has 0 aliphatic rings. The molecule has 0 saturated carbocycles. The Bertz CT molecular complexity index is 377. The molecule has 90 valence electrons. The molecule has 1 atom stereocenters. The maximum atomic E-state index is 11.6. The second-order valence-corrected chi connectivity index (χ2v) is 3.95. The van der Waals surface area contributed by atoms with Crippen molar-refractivity contribution in [2.75, 3.05) is 11.9 Å². The molecular formula is C12H19ClN2O. The highest BCUT2D eigenvalue weighted by molar-refractivity contribution is 5.96. The van der Waals surface area contributed by atoms with Crippen LogP contribution in [0.4, 0.5) is 5.69 Å². The average Bonchev–Trinajstić information content (AvgIpc) is 2.19. The Hall–Kier alpha value is -1.06. The molecule has 2 N–H and O–H groups in total. The Morgan fingerprint density at radius 2 is 1.88 bits per heavy atom. The zero-order chi connectivity index (χ0) is 11.6. The molecule has 3 nitrogen and oxygen atoms in total. The van der Waals surface area contributed by atoms with Gasteiger partial charge < -0.3 is 10.6 Å². The van der Waals surface area contributed by atoms with Gasteiger partial charge in [0.2, 0.25) is 5.91 Å². The van der Waals surface area contributed by atoms with E-state index in [-0.39, 0.29) is 18.3 Å². The summed E-state index contributed by atoms with van der Waals surface area (Å²) >= 11 is 0. The smallest absolute Gasteiger partial charge is 0.243 e. The van der Waals surface area contributed by atoms with Crippen molar-refractivity contribution in [1.29, 1.82) is 0 Å². The van der Waals surface area contributed by atoms with Gasteiger partial charge in [-0.1, -0.05) is 6.07 Å². The SMILES string of the molecule is Cc1ccc(N(C)C(=O)C(C)N)cc1C.Cl. The van der Waals surface area contributed by atoms with Crippen LogP contribution in [-0.2, 0) is 4.79 Å². The first-order valence-electron chi connectivity index (χ1n) is 5.04. The van der Waals surface area contributed by atoms with E-state index in [1.807, 2.05) is 32.0 Å². The monoisotopic (exact) mass is 242 g/mol. The number of carbonyl (C=O) groups is 1. The van der Waals surface area contributed by atoms with E-state index in [1.165, 1.54) is 11.1 Å². The van der Waals surface area contributed by atoms with Crippen molar-refractivity contribution in [3.05, 3.63) is 29.3 Å². The first-order valence-corrected chi connectivity index (χ1v) is 5.04. The van der Waals surface area contributed by atoms with Crippen molar-refractivity contribution in [3.8, 4) is 0 Å². The minimum atomic E-state index is -0.461. The quantitative estimate of drug-likeness (QED) is 0.863. The molecule has 1 amide bonds. The molecule has 0 spiro atoms. The highest BCUT2D eigenvalue weighted by Gasteiger charge is 2.14. The van der Waals surface area contributed by atoms with Gasteiger partial charge in [-0.15, -0.1) is 12.4 Å². The third kappa shape index (κ3) is 3.22. The van der Waals surface area contributed by atoms with Crippen LogP contribution in [-0.4, -0.2) is 19.0 Å². The zero-order valence-electron chi connectivity index (χ0n) is 10.2. The van der Waals surface area contributed by atoms with Gasteiger partial charge in [-0.3, -0.25) is 4.79 Å². The van der Waals surface area contributed by atoms with Crippen LogP contribution in [0.25, 0.3) is 0 Å². The fraction of sp³-hybridized carbons (Fsp3) is 0.417. The number of benzene rings is 1. The normalized spacial score (nSPS) is 11.6. The summed E-state index contributed by atoms with van der Waals surface area (Å²) in [4.78, 5) is 13.2. The number of nitrogens with zero attached hydrogens (tertiary/aromatic N) is 1.